The van der Waals surface area contributed by atoms with Gasteiger partial charge in [-0.05, 0) is 25.7 Å². The van der Waals surface area contributed by atoms with E-state index in [2.05, 4.69) is 0 Å². The van der Waals surface area contributed by atoms with Gasteiger partial charge in [-0.3, -0.25) is 4.79 Å². The van der Waals surface area contributed by atoms with E-state index in [1.165, 1.54) is 7.11 Å². The summed E-state index contributed by atoms with van der Waals surface area (Å²) in [4.78, 5) is 25.1. The van der Waals surface area contributed by atoms with Crippen molar-refractivity contribution in [3.8, 4) is 0 Å². The van der Waals surface area contributed by atoms with Crippen molar-refractivity contribution >= 4 is 11.9 Å². The maximum absolute atomic E-state index is 12.0. The van der Waals surface area contributed by atoms with Gasteiger partial charge in [0.15, 0.2) is 0 Å². The molecule has 1 fully saturated rings. The molecule has 18 heavy (non-hydrogen) atoms. The van der Waals surface area contributed by atoms with Gasteiger partial charge < -0.3 is 9.64 Å². The smallest absolute Gasteiger partial charge is 0.328 e. The minimum absolute atomic E-state index is 0.0324. The van der Waals surface area contributed by atoms with Crippen molar-refractivity contribution in [3.05, 3.63) is 0 Å². The number of ether oxygens (including phenoxy) is 1. The SMILES string of the molecule is COC(=O)C1CCCN1C(=O)CCCCCC[O]. The Morgan fingerprint density at radius 3 is 2.61 bits per heavy atom. The Labute approximate surface area is 108 Å². The second-order valence-corrected chi connectivity index (χ2v) is 4.64. The summed E-state index contributed by atoms with van der Waals surface area (Å²) in [5.74, 6) is -0.280. The molecule has 5 nitrogen and oxygen atoms in total. The Balaban J connectivity index is 2.29. The molecule has 1 atom stereocenters. The van der Waals surface area contributed by atoms with Crippen LogP contribution >= 0.6 is 0 Å². The number of carbonyl (C=O) groups is 2. The van der Waals surface area contributed by atoms with Gasteiger partial charge in [0.25, 0.3) is 0 Å². The van der Waals surface area contributed by atoms with Crippen LogP contribution in [0.4, 0.5) is 0 Å². The molecule has 1 heterocycles. The highest BCUT2D eigenvalue weighted by molar-refractivity contribution is 5.85. The quantitative estimate of drug-likeness (QED) is 0.512. The average Bonchev–Trinajstić information content (AvgIpc) is 2.86. The third-order valence-electron chi connectivity index (χ3n) is 3.33. The number of hydrogen-bond acceptors (Lipinski definition) is 3. The lowest BCUT2D eigenvalue weighted by atomic mass is 10.1. The van der Waals surface area contributed by atoms with Crippen LogP contribution in [0.3, 0.4) is 0 Å². The summed E-state index contributed by atoms with van der Waals surface area (Å²) < 4.78 is 4.70. The lowest BCUT2D eigenvalue weighted by molar-refractivity contribution is -0.151. The second-order valence-electron chi connectivity index (χ2n) is 4.64. The molecule has 1 rings (SSSR count). The van der Waals surface area contributed by atoms with E-state index in [0.717, 1.165) is 25.7 Å². The molecule has 1 aliphatic rings. The highest BCUT2D eigenvalue weighted by Crippen LogP contribution is 2.20. The molecule has 0 aromatic heterocycles. The molecule has 0 bridgehead atoms. The zero-order valence-corrected chi connectivity index (χ0v) is 11.0. The largest absolute Gasteiger partial charge is 0.467 e. The van der Waals surface area contributed by atoms with Crippen molar-refractivity contribution in [2.75, 3.05) is 20.3 Å². The Bertz CT molecular complexity index is 280. The predicted octanol–water partition coefficient (Wildman–Crippen LogP) is 1.53. The Kier molecular flexibility index (Phi) is 6.72. The molecule has 0 spiro atoms. The highest BCUT2D eigenvalue weighted by atomic mass is 16.5. The van der Waals surface area contributed by atoms with E-state index in [9.17, 15) is 14.7 Å². The number of unbranched alkanes of at least 4 members (excludes halogenated alkanes) is 3. The van der Waals surface area contributed by atoms with Crippen molar-refractivity contribution in [3.63, 3.8) is 0 Å². The van der Waals surface area contributed by atoms with Crippen LogP contribution in [-0.2, 0) is 19.4 Å². The summed E-state index contributed by atoms with van der Waals surface area (Å²) in [6.45, 7) is 0.615. The van der Waals surface area contributed by atoms with Gasteiger partial charge in [0.2, 0.25) is 5.91 Å². The number of nitrogens with zero attached hydrogens (tertiary/aromatic N) is 1. The summed E-state index contributed by atoms with van der Waals surface area (Å²) >= 11 is 0. The van der Waals surface area contributed by atoms with E-state index >= 15 is 0 Å². The van der Waals surface area contributed by atoms with Crippen LogP contribution in [0, 0.1) is 0 Å². The van der Waals surface area contributed by atoms with Gasteiger partial charge in [-0.15, -0.1) is 0 Å². The van der Waals surface area contributed by atoms with E-state index in [1.807, 2.05) is 0 Å². The molecule has 1 aliphatic heterocycles. The zero-order chi connectivity index (χ0) is 13.4. The first-order chi connectivity index (χ1) is 8.70. The fourth-order valence-corrected chi connectivity index (χ4v) is 2.32. The van der Waals surface area contributed by atoms with E-state index < -0.39 is 0 Å². The Morgan fingerprint density at radius 1 is 1.22 bits per heavy atom. The number of carbonyl (C=O) groups excluding carboxylic acids is 2. The molecule has 5 heteroatoms. The molecule has 0 aliphatic carbocycles. The van der Waals surface area contributed by atoms with Crippen molar-refractivity contribution in [1.29, 1.82) is 0 Å². The molecule has 1 amide bonds. The van der Waals surface area contributed by atoms with Crippen molar-refractivity contribution in [1.82, 2.24) is 4.90 Å². The van der Waals surface area contributed by atoms with Crippen molar-refractivity contribution < 1.29 is 19.4 Å². The molecule has 0 N–H and O–H groups in total. The normalized spacial score (nSPS) is 19.0. The molecule has 0 saturated carbocycles. The van der Waals surface area contributed by atoms with Crippen LogP contribution in [0.2, 0.25) is 0 Å². The second kappa shape index (κ2) is 8.08. The lowest BCUT2D eigenvalue weighted by Gasteiger charge is -2.22. The number of amides is 1. The van der Waals surface area contributed by atoms with Crippen LogP contribution < -0.4 is 0 Å². The third kappa shape index (κ3) is 4.29. The number of methoxy groups -OCH3 is 1. The minimum atomic E-state index is -0.385. The Hall–Kier alpha value is -1.10. The van der Waals surface area contributed by atoms with Gasteiger partial charge in [0, 0.05) is 13.0 Å². The van der Waals surface area contributed by atoms with Crippen molar-refractivity contribution in [2.45, 2.75) is 51.0 Å². The number of hydrogen-bond donors (Lipinski definition) is 0. The van der Waals surface area contributed by atoms with Crippen LogP contribution in [0.25, 0.3) is 0 Å². The number of rotatable bonds is 7. The van der Waals surface area contributed by atoms with Crippen LogP contribution in [0.1, 0.15) is 44.9 Å². The molecule has 0 aromatic rings. The van der Waals surface area contributed by atoms with Crippen LogP contribution in [0.15, 0.2) is 0 Å². The standard InChI is InChI=1S/C13H22NO4/c1-18-13(17)11-7-6-9-14(11)12(16)8-4-2-3-5-10-15/h11H,2-10H2,1H3. The van der Waals surface area contributed by atoms with Gasteiger partial charge in [-0.1, -0.05) is 12.8 Å². The topological polar surface area (TPSA) is 66.5 Å². The molecular weight excluding hydrogens is 234 g/mol. The van der Waals surface area contributed by atoms with Gasteiger partial charge in [0.1, 0.15) is 6.04 Å². The molecule has 1 unspecified atom stereocenters. The molecule has 1 saturated heterocycles. The maximum atomic E-state index is 12.0. The first-order valence-corrected chi connectivity index (χ1v) is 6.66. The minimum Gasteiger partial charge on any atom is -0.467 e. The number of esters is 1. The van der Waals surface area contributed by atoms with Gasteiger partial charge >= 0.3 is 5.97 Å². The summed E-state index contributed by atoms with van der Waals surface area (Å²) in [5, 5.41) is 10.3. The average molecular weight is 256 g/mol. The first-order valence-electron chi connectivity index (χ1n) is 6.66. The van der Waals surface area contributed by atoms with E-state index in [4.69, 9.17) is 4.74 Å². The number of likely N-dealkylation sites (tertiary alicyclic amines) is 1. The van der Waals surface area contributed by atoms with Crippen LogP contribution in [-0.4, -0.2) is 43.1 Å². The van der Waals surface area contributed by atoms with Gasteiger partial charge in [-0.2, -0.15) is 0 Å². The molecule has 1 radical (unpaired) electrons. The van der Waals surface area contributed by atoms with E-state index in [1.54, 1.807) is 4.90 Å². The zero-order valence-electron chi connectivity index (χ0n) is 11.0. The Morgan fingerprint density at radius 2 is 1.94 bits per heavy atom. The van der Waals surface area contributed by atoms with Crippen molar-refractivity contribution in [2.24, 2.45) is 0 Å². The van der Waals surface area contributed by atoms with E-state index in [0.29, 0.717) is 25.8 Å². The van der Waals surface area contributed by atoms with E-state index in [-0.39, 0.29) is 24.5 Å². The summed E-state index contributed by atoms with van der Waals surface area (Å²) in [6.07, 6.45) is 5.30. The predicted molar refractivity (Wildman–Crippen MR) is 65.4 cm³/mol. The summed E-state index contributed by atoms with van der Waals surface area (Å²) in [7, 11) is 1.35. The van der Waals surface area contributed by atoms with Gasteiger partial charge in [0.05, 0.1) is 13.7 Å². The first kappa shape index (κ1) is 15.0. The molecule has 0 aromatic carbocycles. The maximum Gasteiger partial charge on any atom is 0.328 e. The lowest BCUT2D eigenvalue weighted by Crippen LogP contribution is -2.40. The monoisotopic (exact) mass is 256 g/mol. The third-order valence-corrected chi connectivity index (χ3v) is 3.33. The fourth-order valence-electron chi connectivity index (χ4n) is 2.32. The molecular formula is C13H22NO4. The summed E-state index contributed by atoms with van der Waals surface area (Å²) in [5.41, 5.74) is 0. The molecule has 103 valence electrons. The van der Waals surface area contributed by atoms with Crippen LogP contribution in [0.5, 0.6) is 0 Å². The van der Waals surface area contributed by atoms with Gasteiger partial charge in [-0.25, -0.2) is 9.90 Å². The summed E-state index contributed by atoms with van der Waals surface area (Å²) in [6, 6.07) is -0.385. The highest BCUT2D eigenvalue weighted by Gasteiger charge is 2.34. The fraction of sp³-hybridized carbons (Fsp3) is 0.846.